The fraction of sp³-hybridized carbons (Fsp3) is 0.400. The van der Waals surface area contributed by atoms with Gasteiger partial charge in [-0.05, 0) is 23.9 Å². The summed E-state index contributed by atoms with van der Waals surface area (Å²) in [5.74, 6) is -5.89. The lowest BCUT2D eigenvalue weighted by atomic mass is 10.2. The lowest BCUT2D eigenvalue weighted by molar-refractivity contribution is -0.330. The Morgan fingerprint density at radius 1 is 0.727 bits per heavy atom. The van der Waals surface area contributed by atoms with Crippen molar-refractivity contribution in [2.75, 3.05) is 5.32 Å². The Labute approximate surface area is 120 Å². The molecule has 0 aliphatic carbocycles. The molecule has 0 spiro atoms. The molecule has 126 valence electrons. The van der Waals surface area contributed by atoms with Gasteiger partial charge in [-0.1, -0.05) is 12.1 Å². The maximum absolute atomic E-state index is 13.5. The third-order valence-corrected chi connectivity index (χ3v) is 3.01. The van der Waals surface area contributed by atoms with E-state index < -0.39 is 46.0 Å². The van der Waals surface area contributed by atoms with E-state index in [0.29, 0.717) is 17.4 Å². The number of alkyl halides is 10. The number of nitrogens with one attached hydrogen (secondary N) is 1. The molecule has 0 atom stereocenters. The molecule has 0 fully saturated rings. The van der Waals surface area contributed by atoms with Crippen molar-refractivity contribution in [1.82, 2.24) is 0 Å². The van der Waals surface area contributed by atoms with E-state index in [1.165, 1.54) is 0 Å². The summed E-state index contributed by atoms with van der Waals surface area (Å²) in [6.45, 7) is 0. The Morgan fingerprint density at radius 3 is 1.59 bits per heavy atom. The summed E-state index contributed by atoms with van der Waals surface area (Å²) in [6.07, 6.45) is -12.9. The smallest absolute Gasteiger partial charge is 0.337 e. The maximum atomic E-state index is 13.5. The highest BCUT2D eigenvalue weighted by Gasteiger charge is 2.73. The monoisotopic (exact) mass is 361 g/mol. The van der Waals surface area contributed by atoms with Crippen LogP contribution in [-0.2, 0) is 0 Å². The molecule has 0 bridgehead atoms. The lowest BCUT2D eigenvalue weighted by Gasteiger charge is -2.32. The molecule has 1 aromatic rings. The van der Waals surface area contributed by atoms with Crippen LogP contribution in [0.15, 0.2) is 29.2 Å². The van der Waals surface area contributed by atoms with Gasteiger partial charge < -0.3 is 5.32 Å². The van der Waals surface area contributed by atoms with Crippen LogP contribution < -0.4 is 5.32 Å². The summed E-state index contributed by atoms with van der Waals surface area (Å²) < 4.78 is 124. The highest BCUT2D eigenvalue weighted by Crippen LogP contribution is 2.48. The largest absolute Gasteiger partial charge is 0.451 e. The van der Waals surface area contributed by atoms with Crippen molar-refractivity contribution >= 4 is 17.4 Å². The number of hydrogen-bond acceptors (Lipinski definition) is 2. The normalized spacial score (nSPS) is 14.1. The molecular weight excluding hydrogens is 356 g/mol. The van der Waals surface area contributed by atoms with Crippen molar-refractivity contribution in [2.45, 2.75) is 28.5 Å². The zero-order valence-corrected chi connectivity index (χ0v) is 10.8. The minimum Gasteiger partial charge on any atom is -0.337 e. The van der Waals surface area contributed by atoms with E-state index in [-0.39, 0.29) is 0 Å². The van der Waals surface area contributed by atoms with Gasteiger partial charge in [0.1, 0.15) is 0 Å². The van der Waals surface area contributed by atoms with Crippen molar-refractivity contribution < 1.29 is 43.9 Å². The molecule has 1 nitrogen and oxygen atoms in total. The van der Waals surface area contributed by atoms with Crippen LogP contribution in [0.3, 0.4) is 0 Å². The average molecular weight is 361 g/mol. The standard InChI is InChI=1S/C10H5F10NS/c11-7(8(12,13)14,9(15,16)17)21-5-3-1-2-4-6(5)22-10(18,19)20/h1-4,21H. The fourth-order valence-corrected chi connectivity index (χ4v) is 1.90. The van der Waals surface area contributed by atoms with Gasteiger partial charge in [-0.25, -0.2) is 0 Å². The number of halogens is 10. The predicted octanol–water partition coefficient (Wildman–Crippen LogP) is 5.50. The van der Waals surface area contributed by atoms with E-state index in [2.05, 4.69) is 0 Å². The fourth-order valence-electron chi connectivity index (χ4n) is 1.27. The minimum absolute atomic E-state index is 0.472. The molecule has 0 aliphatic heterocycles. The van der Waals surface area contributed by atoms with Gasteiger partial charge >= 0.3 is 23.7 Å². The minimum atomic E-state index is -6.43. The third kappa shape index (κ3) is 4.11. The van der Waals surface area contributed by atoms with Crippen LogP contribution in [-0.4, -0.2) is 23.7 Å². The van der Waals surface area contributed by atoms with E-state index in [1.807, 2.05) is 0 Å². The molecule has 1 aromatic carbocycles. The average Bonchev–Trinajstić information content (AvgIpc) is 2.26. The van der Waals surface area contributed by atoms with E-state index >= 15 is 0 Å². The molecule has 0 heterocycles. The number of para-hydroxylation sites is 1. The van der Waals surface area contributed by atoms with Crippen molar-refractivity contribution in [3.05, 3.63) is 24.3 Å². The first-order valence-electron chi connectivity index (χ1n) is 5.13. The maximum Gasteiger partial charge on any atom is 0.451 e. The topological polar surface area (TPSA) is 12.0 Å². The Morgan fingerprint density at radius 2 is 1.18 bits per heavy atom. The Balaban J connectivity index is 3.27. The number of anilines is 1. The van der Waals surface area contributed by atoms with Gasteiger partial charge in [0.25, 0.3) is 0 Å². The number of benzene rings is 1. The van der Waals surface area contributed by atoms with E-state index in [4.69, 9.17) is 0 Å². The van der Waals surface area contributed by atoms with Gasteiger partial charge in [-0.15, -0.1) is 0 Å². The number of rotatable bonds is 3. The van der Waals surface area contributed by atoms with Crippen molar-refractivity contribution in [2.24, 2.45) is 0 Å². The molecular formula is C10H5F10NS. The summed E-state index contributed by atoms with van der Waals surface area (Å²) in [5.41, 5.74) is -6.27. The Kier molecular flexibility index (Phi) is 4.85. The second-order valence-corrected chi connectivity index (χ2v) is 4.93. The van der Waals surface area contributed by atoms with Gasteiger partial charge in [0.05, 0.1) is 5.69 Å². The summed E-state index contributed by atoms with van der Waals surface area (Å²) >= 11 is -0.975. The highest BCUT2D eigenvalue weighted by molar-refractivity contribution is 8.00. The quantitative estimate of drug-likeness (QED) is 0.433. The molecule has 0 saturated carbocycles. The van der Waals surface area contributed by atoms with Crippen molar-refractivity contribution in [1.29, 1.82) is 0 Å². The first kappa shape index (κ1) is 18.7. The second-order valence-electron chi connectivity index (χ2n) is 3.82. The van der Waals surface area contributed by atoms with E-state index in [0.717, 1.165) is 12.1 Å². The lowest BCUT2D eigenvalue weighted by Crippen LogP contribution is -2.58. The van der Waals surface area contributed by atoms with Crippen molar-refractivity contribution in [3.8, 4) is 0 Å². The third-order valence-electron chi connectivity index (χ3n) is 2.20. The Bertz CT molecular complexity index is 504. The van der Waals surface area contributed by atoms with Crippen LogP contribution in [0.2, 0.25) is 0 Å². The molecule has 1 rings (SSSR count). The molecule has 0 unspecified atom stereocenters. The summed E-state index contributed by atoms with van der Waals surface area (Å²) in [7, 11) is 0. The molecule has 0 aromatic heterocycles. The van der Waals surface area contributed by atoms with E-state index in [9.17, 15) is 43.9 Å². The van der Waals surface area contributed by atoms with Gasteiger partial charge in [-0.2, -0.15) is 43.9 Å². The summed E-state index contributed by atoms with van der Waals surface area (Å²) in [5, 5.41) is 0.489. The van der Waals surface area contributed by atoms with Gasteiger partial charge in [0.2, 0.25) is 0 Å². The van der Waals surface area contributed by atoms with Gasteiger partial charge in [0, 0.05) is 4.90 Å². The zero-order chi connectivity index (χ0) is 17.4. The number of thioether (sulfide) groups is 1. The van der Waals surface area contributed by atoms with Crippen LogP contribution in [0.4, 0.5) is 49.6 Å². The molecule has 12 heteroatoms. The highest BCUT2D eigenvalue weighted by atomic mass is 32.2. The van der Waals surface area contributed by atoms with Crippen LogP contribution in [0.25, 0.3) is 0 Å². The number of hydrogen-bond donors (Lipinski definition) is 1. The van der Waals surface area contributed by atoms with Gasteiger partial charge in [0.15, 0.2) is 0 Å². The molecule has 0 radical (unpaired) electrons. The van der Waals surface area contributed by atoms with Gasteiger partial charge in [-0.3, -0.25) is 0 Å². The molecule has 1 N–H and O–H groups in total. The summed E-state index contributed by atoms with van der Waals surface area (Å²) in [4.78, 5) is -1.04. The van der Waals surface area contributed by atoms with Crippen LogP contribution in [0.1, 0.15) is 0 Å². The first-order valence-corrected chi connectivity index (χ1v) is 5.94. The molecule has 22 heavy (non-hydrogen) atoms. The SMILES string of the molecule is FC(F)(F)Sc1ccccc1NC(F)(C(F)(F)F)C(F)(F)F. The second kappa shape index (κ2) is 5.70. The molecule has 0 amide bonds. The molecule has 0 saturated heterocycles. The van der Waals surface area contributed by atoms with Crippen molar-refractivity contribution in [3.63, 3.8) is 0 Å². The first-order chi connectivity index (χ1) is 9.67. The van der Waals surface area contributed by atoms with Crippen LogP contribution >= 0.6 is 11.8 Å². The van der Waals surface area contributed by atoms with Crippen LogP contribution in [0.5, 0.6) is 0 Å². The Hall–Kier alpha value is -1.33. The molecule has 0 aliphatic rings. The van der Waals surface area contributed by atoms with Crippen LogP contribution in [0, 0.1) is 0 Å². The zero-order valence-electron chi connectivity index (χ0n) is 10.00. The van der Waals surface area contributed by atoms with E-state index in [1.54, 1.807) is 0 Å². The summed E-state index contributed by atoms with van der Waals surface area (Å²) in [6, 6.07) is 2.88. The predicted molar refractivity (Wildman–Crippen MR) is 57.9 cm³/mol.